The summed E-state index contributed by atoms with van der Waals surface area (Å²) in [5.74, 6) is 0. The molecule has 1 heterocycles. The minimum absolute atomic E-state index is 0.489. The Kier molecular flexibility index (Phi) is 6.96. The third-order valence-corrected chi connectivity index (χ3v) is 6.99. The van der Waals surface area contributed by atoms with Gasteiger partial charge in [0.15, 0.2) is 0 Å². The first kappa shape index (κ1) is 21.2. The first-order valence-electron chi connectivity index (χ1n) is 11.6. The fourth-order valence-corrected chi connectivity index (χ4v) is 5.69. The van der Waals surface area contributed by atoms with Crippen molar-refractivity contribution in [3.05, 3.63) is 76.7 Å². The van der Waals surface area contributed by atoms with E-state index in [4.69, 9.17) is 0 Å². The summed E-state index contributed by atoms with van der Waals surface area (Å²) >= 11 is 0. The van der Waals surface area contributed by atoms with Gasteiger partial charge in [0.25, 0.3) is 0 Å². The van der Waals surface area contributed by atoms with Crippen LogP contribution in [0.5, 0.6) is 0 Å². The van der Waals surface area contributed by atoms with Gasteiger partial charge >= 0.3 is 0 Å². The number of benzene rings is 2. The smallest absolute Gasteiger partial charge is 0.128 e. The molecule has 4 rings (SSSR count). The van der Waals surface area contributed by atoms with Crippen molar-refractivity contribution >= 4 is 0 Å². The summed E-state index contributed by atoms with van der Waals surface area (Å²) in [5, 5.41) is 3.84. The van der Waals surface area contributed by atoms with Crippen LogP contribution in [-0.4, -0.2) is 40.5 Å². The normalized spacial score (nSPS) is 24.7. The minimum Gasteiger partial charge on any atom is -0.292 e. The van der Waals surface area contributed by atoms with E-state index in [1.165, 1.54) is 36.8 Å². The molecule has 0 aromatic heterocycles. The van der Waals surface area contributed by atoms with Crippen molar-refractivity contribution in [3.8, 4) is 0 Å². The zero-order valence-electron chi connectivity index (χ0n) is 18.2. The molecule has 0 unspecified atom stereocenters. The molecule has 160 valence electrons. The van der Waals surface area contributed by atoms with Crippen LogP contribution in [0.1, 0.15) is 56.6 Å². The number of hydrogen-bond acceptors (Lipinski definition) is 4. The second kappa shape index (κ2) is 9.84. The molecule has 2 atom stereocenters. The second-order valence-electron chi connectivity index (χ2n) is 9.27. The predicted molar refractivity (Wildman–Crippen MR) is 123 cm³/mol. The Hall–Kier alpha value is -2.04. The summed E-state index contributed by atoms with van der Waals surface area (Å²) in [6, 6.07) is 22.4. The molecule has 0 bridgehead atoms. The van der Waals surface area contributed by atoms with Crippen molar-refractivity contribution in [3.63, 3.8) is 0 Å². The van der Waals surface area contributed by atoms with Gasteiger partial charge in [-0.2, -0.15) is 4.91 Å². The number of fused-ring (bicyclic) bond motifs is 1. The molecule has 0 spiro atoms. The first-order chi connectivity index (χ1) is 14.7. The third-order valence-electron chi connectivity index (χ3n) is 6.99. The molecule has 2 fully saturated rings. The Morgan fingerprint density at radius 2 is 1.30 bits per heavy atom. The highest BCUT2D eigenvalue weighted by Gasteiger charge is 2.46. The predicted octanol–water partition coefficient (Wildman–Crippen LogP) is 5.62. The van der Waals surface area contributed by atoms with E-state index in [0.29, 0.717) is 12.1 Å². The monoisotopic (exact) mass is 405 g/mol. The summed E-state index contributed by atoms with van der Waals surface area (Å²) in [6.45, 7) is 5.52. The maximum Gasteiger partial charge on any atom is 0.128 e. The van der Waals surface area contributed by atoms with Gasteiger partial charge in [0.05, 0.1) is 0 Å². The summed E-state index contributed by atoms with van der Waals surface area (Å²) in [6.07, 6.45) is 6.82. The molecule has 2 aromatic rings. The fourth-order valence-electron chi connectivity index (χ4n) is 5.69. The van der Waals surface area contributed by atoms with E-state index in [1.54, 1.807) is 0 Å². The standard InChI is InChI=1S/C26H35N3O/c1-2-17-26(27-30)20-28(18-22-11-5-3-6-12-22)24-15-9-10-16-25(24)29(21-26)19-23-13-7-4-8-14-23/h3-8,11-14,24-25H,2,9-10,15-21H2,1H3/t24-,25-/m1/s1. The Bertz CT molecular complexity index is 735. The highest BCUT2D eigenvalue weighted by Crippen LogP contribution is 2.36. The molecule has 2 aromatic carbocycles. The van der Waals surface area contributed by atoms with Gasteiger partial charge in [-0.1, -0.05) is 92.0 Å². The first-order valence-corrected chi connectivity index (χ1v) is 11.6. The molecule has 30 heavy (non-hydrogen) atoms. The highest BCUT2D eigenvalue weighted by molar-refractivity contribution is 5.18. The Morgan fingerprint density at radius 3 is 1.70 bits per heavy atom. The number of nitroso groups, excluding NO2 is 1. The van der Waals surface area contributed by atoms with Gasteiger partial charge in [-0.3, -0.25) is 9.80 Å². The van der Waals surface area contributed by atoms with E-state index in [1.807, 2.05) is 0 Å². The van der Waals surface area contributed by atoms with Crippen LogP contribution in [-0.2, 0) is 13.1 Å². The molecule has 1 saturated heterocycles. The van der Waals surface area contributed by atoms with E-state index in [9.17, 15) is 4.91 Å². The van der Waals surface area contributed by atoms with Crippen LogP contribution in [0.2, 0.25) is 0 Å². The van der Waals surface area contributed by atoms with E-state index in [0.717, 1.165) is 39.0 Å². The Balaban J connectivity index is 1.67. The van der Waals surface area contributed by atoms with Crippen LogP contribution in [0.25, 0.3) is 0 Å². The van der Waals surface area contributed by atoms with Gasteiger partial charge < -0.3 is 0 Å². The molecule has 0 N–H and O–H groups in total. The average molecular weight is 406 g/mol. The van der Waals surface area contributed by atoms with E-state index >= 15 is 0 Å². The van der Waals surface area contributed by atoms with Crippen LogP contribution in [0.15, 0.2) is 65.8 Å². The van der Waals surface area contributed by atoms with Crippen molar-refractivity contribution in [1.29, 1.82) is 0 Å². The fraction of sp³-hybridized carbons (Fsp3) is 0.538. The van der Waals surface area contributed by atoms with Gasteiger partial charge in [0.1, 0.15) is 5.54 Å². The summed E-state index contributed by atoms with van der Waals surface area (Å²) in [5.41, 5.74) is 2.12. The van der Waals surface area contributed by atoms with Crippen molar-refractivity contribution in [2.75, 3.05) is 13.1 Å². The molecule has 2 aliphatic rings. The topological polar surface area (TPSA) is 35.9 Å². The van der Waals surface area contributed by atoms with Crippen molar-refractivity contribution < 1.29 is 0 Å². The molecule has 1 saturated carbocycles. The molecule has 0 radical (unpaired) electrons. The van der Waals surface area contributed by atoms with Crippen molar-refractivity contribution in [1.82, 2.24) is 9.80 Å². The van der Waals surface area contributed by atoms with Crippen LogP contribution in [0.3, 0.4) is 0 Å². The van der Waals surface area contributed by atoms with Gasteiger partial charge in [0.2, 0.25) is 0 Å². The molecule has 4 heteroatoms. The van der Waals surface area contributed by atoms with E-state index in [2.05, 4.69) is 82.6 Å². The van der Waals surface area contributed by atoms with Crippen LogP contribution >= 0.6 is 0 Å². The Labute approximate surface area is 181 Å². The van der Waals surface area contributed by atoms with E-state index < -0.39 is 5.54 Å². The lowest BCUT2D eigenvalue weighted by atomic mass is 9.88. The maximum atomic E-state index is 12.3. The number of rotatable bonds is 7. The summed E-state index contributed by atoms with van der Waals surface area (Å²) in [4.78, 5) is 17.5. The van der Waals surface area contributed by atoms with Crippen LogP contribution in [0.4, 0.5) is 0 Å². The molecule has 0 amide bonds. The molecule has 1 aliphatic heterocycles. The summed E-state index contributed by atoms with van der Waals surface area (Å²) < 4.78 is 0. The van der Waals surface area contributed by atoms with E-state index in [-0.39, 0.29) is 0 Å². The zero-order valence-corrected chi connectivity index (χ0v) is 18.2. The zero-order chi connectivity index (χ0) is 20.8. The van der Waals surface area contributed by atoms with Gasteiger partial charge in [-0.15, -0.1) is 0 Å². The lowest BCUT2D eigenvalue weighted by Crippen LogP contribution is -2.50. The lowest BCUT2D eigenvalue weighted by molar-refractivity contribution is 0.0693. The molecular weight excluding hydrogens is 370 g/mol. The second-order valence-corrected chi connectivity index (χ2v) is 9.27. The SMILES string of the molecule is CCCC1(N=O)CN(Cc2ccccc2)[C@@H]2CCCC[C@H]2N(Cc2ccccc2)C1. The third kappa shape index (κ3) is 4.81. The summed E-state index contributed by atoms with van der Waals surface area (Å²) in [7, 11) is 0. The highest BCUT2D eigenvalue weighted by atomic mass is 16.3. The van der Waals surface area contributed by atoms with Gasteiger partial charge in [-0.05, 0) is 30.4 Å². The molecule has 1 aliphatic carbocycles. The number of nitrogens with zero attached hydrogens (tertiary/aromatic N) is 3. The van der Waals surface area contributed by atoms with Crippen molar-refractivity contribution in [2.45, 2.75) is 76.2 Å². The Morgan fingerprint density at radius 1 is 0.833 bits per heavy atom. The van der Waals surface area contributed by atoms with Crippen LogP contribution < -0.4 is 0 Å². The van der Waals surface area contributed by atoms with Crippen molar-refractivity contribution in [2.24, 2.45) is 5.18 Å². The van der Waals surface area contributed by atoms with Gasteiger partial charge in [-0.25, -0.2) is 0 Å². The maximum absolute atomic E-state index is 12.3. The number of hydrogen-bond donors (Lipinski definition) is 0. The van der Waals surface area contributed by atoms with Gasteiger partial charge in [0, 0.05) is 38.3 Å². The largest absolute Gasteiger partial charge is 0.292 e. The van der Waals surface area contributed by atoms with Crippen LogP contribution in [0, 0.1) is 4.91 Å². The molecular formula is C26H35N3O. The lowest BCUT2D eigenvalue weighted by Gasteiger charge is -2.42. The minimum atomic E-state index is -0.532. The molecule has 4 nitrogen and oxygen atoms in total. The average Bonchev–Trinajstić information content (AvgIpc) is 2.91. The quantitative estimate of drug-likeness (QED) is 0.561.